The molecule has 0 spiro atoms. The molecule has 1 atom stereocenters. The van der Waals surface area contributed by atoms with Gasteiger partial charge in [-0.2, -0.15) is 0 Å². The standard InChI is InChI=1S/C24H27FN6O5/c25-16-4-2-5-19(14-16)28-24(34)30-12-11-29(23(33)15-3-1-6-20(13-15)31(35)36)22(30)21(32)27-18-9-7-17(26)8-10-18/h1-6,13-14,17-18,22H,7-12,26H2,(H,27,32)(H,28,34). The number of benzene rings is 2. The molecular formula is C24H27FN6O5. The highest BCUT2D eigenvalue weighted by Gasteiger charge is 2.44. The van der Waals surface area contributed by atoms with Crippen LogP contribution in [-0.2, 0) is 4.79 Å². The number of halogens is 1. The van der Waals surface area contributed by atoms with Crippen LogP contribution in [-0.4, -0.2) is 63.9 Å². The van der Waals surface area contributed by atoms with Crippen LogP contribution in [0.2, 0.25) is 0 Å². The Hall–Kier alpha value is -4.06. The number of hydrogen-bond donors (Lipinski definition) is 3. The maximum absolute atomic E-state index is 13.6. The lowest BCUT2D eigenvalue weighted by atomic mass is 9.92. The Bertz CT molecular complexity index is 1170. The fourth-order valence-electron chi connectivity index (χ4n) is 4.56. The Kier molecular flexibility index (Phi) is 7.44. The van der Waals surface area contributed by atoms with Crippen LogP contribution in [0.1, 0.15) is 36.0 Å². The first kappa shape index (κ1) is 25.0. The number of nitro benzene ring substituents is 1. The van der Waals surface area contributed by atoms with E-state index in [2.05, 4.69) is 10.6 Å². The van der Waals surface area contributed by atoms with Gasteiger partial charge in [-0.05, 0) is 49.9 Å². The number of anilines is 1. The van der Waals surface area contributed by atoms with E-state index in [1.54, 1.807) is 0 Å². The summed E-state index contributed by atoms with van der Waals surface area (Å²) in [6, 6.07) is 9.75. The van der Waals surface area contributed by atoms with Crippen LogP contribution in [0.15, 0.2) is 48.5 Å². The van der Waals surface area contributed by atoms with Crippen molar-refractivity contribution in [2.45, 2.75) is 43.9 Å². The molecule has 1 aliphatic carbocycles. The maximum Gasteiger partial charge on any atom is 0.323 e. The zero-order valence-electron chi connectivity index (χ0n) is 19.4. The summed E-state index contributed by atoms with van der Waals surface area (Å²) in [7, 11) is 0. The van der Waals surface area contributed by atoms with Crippen LogP contribution in [0.5, 0.6) is 0 Å². The van der Waals surface area contributed by atoms with E-state index in [0.29, 0.717) is 12.8 Å². The highest BCUT2D eigenvalue weighted by molar-refractivity contribution is 6.01. The summed E-state index contributed by atoms with van der Waals surface area (Å²) in [5.41, 5.74) is 5.91. The Morgan fingerprint density at radius 2 is 1.69 bits per heavy atom. The minimum absolute atomic E-state index is 0.0260. The largest absolute Gasteiger partial charge is 0.350 e. The molecule has 4 amide bonds. The van der Waals surface area contributed by atoms with Gasteiger partial charge in [0.1, 0.15) is 5.82 Å². The summed E-state index contributed by atoms with van der Waals surface area (Å²) in [6.45, 7) is 0.0706. The van der Waals surface area contributed by atoms with Crippen molar-refractivity contribution < 1.29 is 23.7 Å². The van der Waals surface area contributed by atoms with E-state index in [-0.39, 0.29) is 42.1 Å². The van der Waals surface area contributed by atoms with Crippen molar-refractivity contribution in [3.63, 3.8) is 0 Å². The number of non-ortho nitro benzene ring substituents is 1. The van der Waals surface area contributed by atoms with Crippen LogP contribution >= 0.6 is 0 Å². The summed E-state index contributed by atoms with van der Waals surface area (Å²) in [4.78, 5) is 52.8. The van der Waals surface area contributed by atoms with Crippen LogP contribution in [0.4, 0.5) is 20.6 Å². The lowest BCUT2D eigenvalue weighted by Crippen LogP contribution is -2.56. The molecule has 1 saturated heterocycles. The van der Waals surface area contributed by atoms with E-state index < -0.39 is 34.8 Å². The molecule has 0 radical (unpaired) electrons. The molecule has 2 aromatic carbocycles. The van der Waals surface area contributed by atoms with Gasteiger partial charge in [-0.25, -0.2) is 9.18 Å². The molecule has 2 aromatic rings. The molecule has 1 saturated carbocycles. The number of carbonyl (C=O) groups excluding carboxylic acids is 3. The molecule has 1 unspecified atom stereocenters. The number of carbonyl (C=O) groups is 3. The molecule has 4 rings (SSSR count). The second-order valence-corrected chi connectivity index (χ2v) is 8.93. The molecule has 0 aromatic heterocycles. The van der Waals surface area contributed by atoms with Crippen molar-refractivity contribution in [1.29, 1.82) is 0 Å². The number of urea groups is 1. The first-order chi connectivity index (χ1) is 17.2. The summed E-state index contributed by atoms with van der Waals surface area (Å²) in [5.74, 6) is -1.70. The first-order valence-corrected chi connectivity index (χ1v) is 11.7. The molecule has 4 N–H and O–H groups in total. The lowest BCUT2D eigenvalue weighted by molar-refractivity contribution is -0.384. The number of nitrogens with two attached hydrogens (primary N) is 1. The third-order valence-electron chi connectivity index (χ3n) is 6.43. The number of nitrogens with one attached hydrogen (secondary N) is 2. The third kappa shape index (κ3) is 5.60. The fraction of sp³-hybridized carbons (Fsp3) is 0.375. The van der Waals surface area contributed by atoms with E-state index in [1.807, 2.05) is 0 Å². The van der Waals surface area contributed by atoms with Gasteiger partial charge >= 0.3 is 6.03 Å². The van der Waals surface area contributed by atoms with Crippen LogP contribution < -0.4 is 16.4 Å². The molecule has 12 heteroatoms. The number of nitro groups is 1. The monoisotopic (exact) mass is 498 g/mol. The Morgan fingerprint density at radius 1 is 1.00 bits per heavy atom. The quantitative estimate of drug-likeness (QED) is 0.426. The number of amides is 4. The summed E-state index contributed by atoms with van der Waals surface area (Å²) in [5, 5.41) is 16.7. The Labute approximate surface area is 206 Å². The summed E-state index contributed by atoms with van der Waals surface area (Å²) >= 11 is 0. The predicted molar refractivity (Wildman–Crippen MR) is 128 cm³/mol. The van der Waals surface area contributed by atoms with Gasteiger partial charge in [0.25, 0.3) is 17.5 Å². The second kappa shape index (κ2) is 10.7. The highest BCUT2D eigenvalue weighted by atomic mass is 19.1. The van der Waals surface area contributed by atoms with Crippen molar-refractivity contribution in [2.75, 3.05) is 18.4 Å². The lowest BCUT2D eigenvalue weighted by Gasteiger charge is -2.32. The average Bonchev–Trinajstić information content (AvgIpc) is 3.30. The predicted octanol–water partition coefficient (Wildman–Crippen LogP) is 2.44. The molecule has 36 heavy (non-hydrogen) atoms. The topological polar surface area (TPSA) is 151 Å². The zero-order valence-corrected chi connectivity index (χ0v) is 19.4. The summed E-state index contributed by atoms with van der Waals surface area (Å²) in [6.07, 6.45) is 1.55. The van der Waals surface area contributed by atoms with Crippen molar-refractivity contribution in [3.8, 4) is 0 Å². The highest BCUT2D eigenvalue weighted by Crippen LogP contribution is 2.24. The van der Waals surface area contributed by atoms with Crippen LogP contribution in [0, 0.1) is 15.9 Å². The number of nitrogens with zero attached hydrogens (tertiary/aromatic N) is 3. The van der Waals surface area contributed by atoms with E-state index >= 15 is 0 Å². The van der Waals surface area contributed by atoms with Gasteiger partial charge in [0.05, 0.1) is 4.92 Å². The molecule has 2 aliphatic rings. The molecule has 1 heterocycles. The van der Waals surface area contributed by atoms with Gasteiger partial charge in [-0.1, -0.05) is 12.1 Å². The van der Waals surface area contributed by atoms with E-state index in [9.17, 15) is 28.9 Å². The van der Waals surface area contributed by atoms with Gasteiger partial charge < -0.3 is 21.3 Å². The maximum atomic E-state index is 13.6. The van der Waals surface area contributed by atoms with E-state index in [0.717, 1.165) is 25.0 Å². The Balaban J connectivity index is 1.58. The van der Waals surface area contributed by atoms with Crippen LogP contribution in [0.25, 0.3) is 0 Å². The van der Waals surface area contributed by atoms with Gasteiger partial charge in [-0.15, -0.1) is 0 Å². The second-order valence-electron chi connectivity index (χ2n) is 8.93. The van der Waals surface area contributed by atoms with Gasteiger partial charge in [0, 0.05) is 48.6 Å². The van der Waals surface area contributed by atoms with Crippen molar-refractivity contribution in [2.24, 2.45) is 5.73 Å². The average molecular weight is 499 g/mol. The van der Waals surface area contributed by atoms with Gasteiger partial charge in [0.15, 0.2) is 6.17 Å². The van der Waals surface area contributed by atoms with Gasteiger partial charge in [-0.3, -0.25) is 24.6 Å². The normalized spacial score (nSPS) is 21.7. The fourth-order valence-corrected chi connectivity index (χ4v) is 4.56. The van der Waals surface area contributed by atoms with E-state index in [4.69, 9.17) is 5.73 Å². The van der Waals surface area contributed by atoms with Crippen molar-refractivity contribution >= 4 is 29.2 Å². The van der Waals surface area contributed by atoms with Crippen molar-refractivity contribution in [1.82, 2.24) is 15.1 Å². The molecule has 11 nitrogen and oxygen atoms in total. The minimum Gasteiger partial charge on any atom is -0.350 e. The molecular weight excluding hydrogens is 471 g/mol. The van der Waals surface area contributed by atoms with Crippen LogP contribution in [0.3, 0.4) is 0 Å². The smallest absolute Gasteiger partial charge is 0.323 e. The van der Waals surface area contributed by atoms with Crippen molar-refractivity contribution in [3.05, 3.63) is 70.0 Å². The number of rotatable bonds is 5. The zero-order chi connectivity index (χ0) is 25.8. The number of hydrogen-bond acceptors (Lipinski definition) is 6. The first-order valence-electron chi connectivity index (χ1n) is 11.7. The van der Waals surface area contributed by atoms with E-state index in [1.165, 1.54) is 46.2 Å². The van der Waals surface area contributed by atoms with Gasteiger partial charge in [0.2, 0.25) is 0 Å². The molecule has 1 aliphatic heterocycles. The third-order valence-corrected chi connectivity index (χ3v) is 6.43. The molecule has 2 fully saturated rings. The molecule has 190 valence electrons. The Morgan fingerprint density at radius 3 is 2.39 bits per heavy atom. The minimum atomic E-state index is -1.29. The SMILES string of the molecule is NC1CCC(NC(=O)C2N(C(=O)Nc3cccc(F)c3)CCN2C(=O)c2cccc([N+](=O)[O-])c2)CC1. The molecule has 0 bridgehead atoms. The summed E-state index contributed by atoms with van der Waals surface area (Å²) < 4.78 is 13.6.